The van der Waals surface area contributed by atoms with E-state index in [0.717, 1.165) is 18.6 Å². The van der Waals surface area contributed by atoms with Crippen molar-refractivity contribution in [1.82, 2.24) is 5.32 Å². The van der Waals surface area contributed by atoms with Gasteiger partial charge in [0, 0.05) is 24.6 Å². The van der Waals surface area contributed by atoms with E-state index in [-0.39, 0.29) is 0 Å². The van der Waals surface area contributed by atoms with Gasteiger partial charge in [0.15, 0.2) is 0 Å². The molecule has 1 heterocycles. The monoisotopic (exact) mass is 223 g/mol. The van der Waals surface area contributed by atoms with Crippen molar-refractivity contribution in [2.75, 3.05) is 13.2 Å². The van der Waals surface area contributed by atoms with Gasteiger partial charge in [-0.1, -0.05) is 12.8 Å². The van der Waals surface area contributed by atoms with Crippen molar-refractivity contribution in [1.29, 1.82) is 0 Å². The minimum Gasteiger partial charge on any atom is -0.378 e. The topological polar surface area (TPSA) is 21.3 Å². The highest BCUT2D eigenvalue weighted by molar-refractivity contribution is 4.99. The Labute approximate surface area is 99.1 Å². The molecule has 3 aliphatic rings. The van der Waals surface area contributed by atoms with Crippen LogP contribution in [-0.4, -0.2) is 25.3 Å². The van der Waals surface area contributed by atoms with Crippen molar-refractivity contribution in [2.45, 2.75) is 64.0 Å². The van der Waals surface area contributed by atoms with Gasteiger partial charge in [0.2, 0.25) is 0 Å². The summed E-state index contributed by atoms with van der Waals surface area (Å²) in [7, 11) is 0. The molecular weight excluding hydrogens is 198 g/mol. The summed E-state index contributed by atoms with van der Waals surface area (Å²) in [5, 5.41) is 3.77. The Balaban J connectivity index is 1.69. The van der Waals surface area contributed by atoms with Gasteiger partial charge in [-0.3, -0.25) is 0 Å². The standard InChI is InChI=1S/C14H25NO/c1-11-14(8-9-16-11,10-15-13-6-7-13)12-4-2-3-5-12/h11-13,15H,2-10H2,1H3. The highest BCUT2D eigenvalue weighted by Gasteiger charge is 2.48. The molecule has 0 amide bonds. The second kappa shape index (κ2) is 4.30. The maximum atomic E-state index is 5.89. The summed E-state index contributed by atoms with van der Waals surface area (Å²) in [5.41, 5.74) is 0.471. The van der Waals surface area contributed by atoms with E-state index in [4.69, 9.17) is 4.74 Å². The first-order valence-corrected chi connectivity index (χ1v) is 7.16. The van der Waals surface area contributed by atoms with Gasteiger partial charge in [0.05, 0.1) is 6.10 Å². The van der Waals surface area contributed by atoms with Gasteiger partial charge >= 0.3 is 0 Å². The normalized spacial score (nSPS) is 40.7. The van der Waals surface area contributed by atoms with Gasteiger partial charge in [-0.25, -0.2) is 0 Å². The van der Waals surface area contributed by atoms with Gasteiger partial charge in [0.1, 0.15) is 0 Å². The molecule has 3 rings (SSSR count). The predicted molar refractivity (Wildman–Crippen MR) is 65.4 cm³/mol. The number of hydrogen-bond donors (Lipinski definition) is 1. The van der Waals surface area contributed by atoms with Crippen molar-refractivity contribution in [3.63, 3.8) is 0 Å². The Morgan fingerprint density at radius 3 is 2.50 bits per heavy atom. The predicted octanol–water partition coefficient (Wildman–Crippen LogP) is 2.72. The number of rotatable bonds is 4. The molecule has 0 aromatic rings. The van der Waals surface area contributed by atoms with E-state index in [1.165, 1.54) is 51.5 Å². The molecule has 2 unspecified atom stereocenters. The Hall–Kier alpha value is -0.0800. The van der Waals surface area contributed by atoms with Crippen LogP contribution in [0.1, 0.15) is 51.9 Å². The van der Waals surface area contributed by atoms with Gasteiger partial charge in [-0.2, -0.15) is 0 Å². The van der Waals surface area contributed by atoms with Crippen molar-refractivity contribution in [3.05, 3.63) is 0 Å². The Bertz CT molecular complexity index is 245. The van der Waals surface area contributed by atoms with Gasteiger partial charge < -0.3 is 10.1 Å². The van der Waals surface area contributed by atoms with Crippen molar-refractivity contribution in [2.24, 2.45) is 11.3 Å². The fourth-order valence-corrected chi connectivity index (χ4v) is 3.83. The van der Waals surface area contributed by atoms with Crippen LogP contribution in [0.25, 0.3) is 0 Å². The van der Waals surface area contributed by atoms with E-state index in [0.29, 0.717) is 11.5 Å². The third-order valence-electron chi connectivity index (χ3n) is 5.21. The zero-order valence-corrected chi connectivity index (χ0v) is 10.5. The van der Waals surface area contributed by atoms with E-state index in [1.807, 2.05) is 0 Å². The first-order valence-electron chi connectivity index (χ1n) is 7.16. The lowest BCUT2D eigenvalue weighted by molar-refractivity contribution is 0.0289. The van der Waals surface area contributed by atoms with Crippen LogP contribution < -0.4 is 5.32 Å². The molecule has 1 aliphatic heterocycles. The van der Waals surface area contributed by atoms with Gasteiger partial charge in [-0.15, -0.1) is 0 Å². The quantitative estimate of drug-likeness (QED) is 0.791. The van der Waals surface area contributed by atoms with Crippen molar-refractivity contribution < 1.29 is 4.74 Å². The minimum absolute atomic E-state index is 0.471. The molecule has 1 saturated heterocycles. The highest BCUT2D eigenvalue weighted by Crippen LogP contribution is 2.48. The second-order valence-electron chi connectivity index (χ2n) is 6.13. The van der Waals surface area contributed by atoms with E-state index in [2.05, 4.69) is 12.2 Å². The average molecular weight is 223 g/mol. The van der Waals surface area contributed by atoms with Crippen LogP contribution in [0.5, 0.6) is 0 Å². The first kappa shape index (κ1) is 11.0. The van der Waals surface area contributed by atoms with Crippen LogP contribution in [0.2, 0.25) is 0 Å². The second-order valence-corrected chi connectivity index (χ2v) is 6.13. The molecule has 0 bridgehead atoms. The number of hydrogen-bond acceptors (Lipinski definition) is 2. The van der Waals surface area contributed by atoms with Gasteiger partial charge in [0.25, 0.3) is 0 Å². The van der Waals surface area contributed by atoms with Crippen LogP contribution in [0.4, 0.5) is 0 Å². The smallest absolute Gasteiger partial charge is 0.0618 e. The summed E-state index contributed by atoms with van der Waals surface area (Å²) >= 11 is 0. The molecule has 2 saturated carbocycles. The lowest BCUT2D eigenvalue weighted by atomic mass is 9.69. The largest absolute Gasteiger partial charge is 0.378 e. The fraction of sp³-hybridized carbons (Fsp3) is 1.00. The molecule has 0 spiro atoms. The molecule has 2 aliphatic carbocycles. The van der Waals surface area contributed by atoms with E-state index < -0.39 is 0 Å². The van der Waals surface area contributed by atoms with E-state index in [9.17, 15) is 0 Å². The summed E-state index contributed by atoms with van der Waals surface area (Å²) in [4.78, 5) is 0. The summed E-state index contributed by atoms with van der Waals surface area (Å²) in [6.45, 7) is 4.51. The van der Waals surface area contributed by atoms with Crippen LogP contribution in [0.15, 0.2) is 0 Å². The molecule has 0 aromatic heterocycles. The van der Waals surface area contributed by atoms with Crippen LogP contribution in [-0.2, 0) is 4.74 Å². The lowest BCUT2D eigenvalue weighted by Crippen LogP contribution is -2.45. The maximum Gasteiger partial charge on any atom is 0.0618 e. The Kier molecular flexibility index (Phi) is 2.97. The van der Waals surface area contributed by atoms with E-state index in [1.54, 1.807) is 0 Å². The molecule has 1 N–H and O–H groups in total. The minimum atomic E-state index is 0.471. The van der Waals surface area contributed by atoms with Gasteiger partial charge in [-0.05, 0) is 44.9 Å². The van der Waals surface area contributed by atoms with Crippen LogP contribution in [0, 0.1) is 11.3 Å². The average Bonchev–Trinajstić information content (AvgIpc) is 2.80. The molecular formula is C14H25NO. The Morgan fingerprint density at radius 2 is 1.94 bits per heavy atom. The molecule has 0 radical (unpaired) electrons. The summed E-state index contributed by atoms with van der Waals surface area (Å²) in [6.07, 6.45) is 10.3. The van der Waals surface area contributed by atoms with Crippen LogP contribution >= 0.6 is 0 Å². The first-order chi connectivity index (χ1) is 7.81. The molecule has 3 fully saturated rings. The van der Waals surface area contributed by atoms with Crippen molar-refractivity contribution >= 4 is 0 Å². The Morgan fingerprint density at radius 1 is 1.19 bits per heavy atom. The molecule has 2 atom stereocenters. The molecule has 16 heavy (non-hydrogen) atoms. The zero-order chi connectivity index (χ0) is 11.0. The highest BCUT2D eigenvalue weighted by atomic mass is 16.5. The maximum absolute atomic E-state index is 5.89. The SMILES string of the molecule is CC1OCCC1(CNC1CC1)C1CCCC1. The summed E-state index contributed by atoms with van der Waals surface area (Å²) in [5.74, 6) is 0.927. The zero-order valence-electron chi connectivity index (χ0n) is 10.5. The fourth-order valence-electron chi connectivity index (χ4n) is 3.83. The summed E-state index contributed by atoms with van der Waals surface area (Å²) in [6, 6.07) is 0.839. The van der Waals surface area contributed by atoms with Crippen molar-refractivity contribution in [3.8, 4) is 0 Å². The molecule has 92 valence electrons. The molecule has 0 aromatic carbocycles. The molecule has 2 nitrogen and oxygen atoms in total. The molecule has 2 heteroatoms. The number of nitrogens with one attached hydrogen (secondary N) is 1. The van der Waals surface area contributed by atoms with Crippen LogP contribution in [0.3, 0.4) is 0 Å². The number of ether oxygens (including phenoxy) is 1. The van der Waals surface area contributed by atoms with E-state index >= 15 is 0 Å². The lowest BCUT2D eigenvalue weighted by Gasteiger charge is -2.38. The third-order valence-corrected chi connectivity index (χ3v) is 5.21. The summed E-state index contributed by atoms with van der Waals surface area (Å²) < 4.78 is 5.89. The third kappa shape index (κ3) is 1.91.